The molecule has 4 heteroatoms. The summed E-state index contributed by atoms with van der Waals surface area (Å²) in [6, 6.07) is 6.98. The minimum atomic E-state index is -0.739. The molecule has 0 saturated carbocycles. The molecule has 1 aromatic carbocycles. The molecule has 1 atom stereocenters. The van der Waals surface area contributed by atoms with Crippen LogP contribution in [0.1, 0.15) is 22.8 Å². The van der Waals surface area contributed by atoms with E-state index in [0.29, 0.717) is 15.6 Å². The van der Waals surface area contributed by atoms with E-state index in [2.05, 4.69) is 4.98 Å². The molecule has 0 bridgehead atoms. The van der Waals surface area contributed by atoms with Crippen molar-refractivity contribution in [3.8, 4) is 0 Å². The number of aryl methyl sites for hydroxylation is 1. The van der Waals surface area contributed by atoms with Crippen molar-refractivity contribution in [3.05, 3.63) is 63.4 Å². The molecule has 17 heavy (non-hydrogen) atoms. The first kappa shape index (κ1) is 12.4. The molecule has 0 fully saturated rings. The van der Waals surface area contributed by atoms with E-state index in [9.17, 15) is 5.11 Å². The molecule has 0 aliphatic rings. The second kappa shape index (κ2) is 5.05. The number of aliphatic hydroxyl groups is 1. The largest absolute Gasteiger partial charge is 0.384 e. The quantitative estimate of drug-likeness (QED) is 0.899. The summed E-state index contributed by atoms with van der Waals surface area (Å²) in [6.45, 7) is 1.93. The molecule has 88 valence electrons. The van der Waals surface area contributed by atoms with Gasteiger partial charge in [-0.25, -0.2) is 0 Å². The summed E-state index contributed by atoms with van der Waals surface area (Å²) >= 11 is 11.7. The first-order valence-electron chi connectivity index (χ1n) is 5.12. The van der Waals surface area contributed by atoms with Crippen molar-refractivity contribution < 1.29 is 5.11 Å². The van der Waals surface area contributed by atoms with Crippen molar-refractivity contribution in [2.45, 2.75) is 13.0 Å². The highest BCUT2D eigenvalue weighted by Gasteiger charge is 2.12. The fraction of sp³-hybridized carbons (Fsp3) is 0.154. The maximum atomic E-state index is 10.2. The summed E-state index contributed by atoms with van der Waals surface area (Å²) in [4.78, 5) is 4.05. The zero-order chi connectivity index (χ0) is 12.4. The molecule has 2 rings (SSSR count). The van der Waals surface area contributed by atoms with Crippen LogP contribution in [0.4, 0.5) is 0 Å². The van der Waals surface area contributed by atoms with Crippen LogP contribution in [0.2, 0.25) is 10.0 Å². The van der Waals surface area contributed by atoms with Crippen LogP contribution in [0, 0.1) is 6.92 Å². The van der Waals surface area contributed by atoms with Crippen molar-refractivity contribution in [2.75, 3.05) is 0 Å². The van der Waals surface area contributed by atoms with Crippen LogP contribution in [-0.2, 0) is 0 Å². The minimum absolute atomic E-state index is 0.434. The number of halogens is 2. The number of benzene rings is 1. The third kappa shape index (κ3) is 2.78. The van der Waals surface area contributed by atoms with Crippen LogP contribution in [0.15, 0.2) is 36.7 Å². The van der Waals surface area contributed by atoms with Gasteiger partial charge >= 0.3 is 0 Å². The summed E-state index contributed by atoms with van der Waals surface area (Å²) in [7, 11) is 0. The topological polar surface area (TPSA) is 33.1 Å². The van der Waals surface area contributed by atoms with E-state index in [1.807, 2.05) is 13.0 Å². The lowest BCUT2D eigenvalue weighted by Crippen LogP contribution is -2.00. The molecule has 1 heterocycles. The molecule has 1 N–H and O–H groups in total. The van der Waals surface area contributed by atoms with Gasteiger partial charge in [-0.3, -0.25) is 4.98 Å². The molecule has 1 unspecified atom stereocenters. The average Bonchev–Trinajstić information content (AvgIpc) is 2.32. The highest BCUT2D eigenvalue weighted by molar-refractivity contribution is 6.42. The SMILES string of the molecule is Cc1cncc(C(O)c2ccc(Cl)c(Cl)c2)c1. The third-order valence-corrected chi connectivity index (χ3v) is 3.21. The fourth-order valence-electron chi connectivity index (χ4n) is 1.60. The van der Waals surface area contributed by atoms with Gasteiger partial charge in [0.05, 0.1) is 10.0 Å². The number of pyridine rings is 1. The van der Waals surface area contributed by atoms with Gasteiger partial charge in [0.2, 0.25) is 0 Å². The molecule has 0 amide bonds. The van der Waals surface area contributed by atoms with Gasteiger partial charge < -0.3 is 5.11 Å². The summed E-state index contributed by atoms with van der Waals surface area (Å²) in [5.41, 5.74) is 2.44. The highest BCUT2D eigenvalue weighted by Crippen LogP contribution is 2.28. The predicted octanol–water partition coefficient (Wildman–Crippen LogP) is 3.78. The molecular formula is C13H11Cl2NO. The number of hydrogen-bond donors (Lipinski definition) is 1. The maximum absolute atomic E-state index is 10.2. The second-order valence-electron chi connectivity index (χ2n) is 3.87. The van der Waals surface area contributed by atoms with Crippen molar-refractivity contribution in [1.29, 1.82) is 0 Å². The van der Waals surface area contributed by atoms with Crippen molar-refractivity contribution >= 4 is 23.2 Å². The molecule has 0 radical (unpaired) electrons. The Hall–Kier alpha value is -1.09. The van der Waals surface area contributed by atoms with Crippen molar-refractivity contribution in [3.63, 3.8) is 0 Å². The Labute approximate surface area is 110 Å². The average molecular weight is 268 g/mol. The predicted molar refractivity (Wildman–Crippen MR) is 69.5 cm³/mol. The Balaban J connectivity index is 2.36. The first-order chi connectivity index (χ1) is 8.08. The van der Waals surface area contributed by atoms with Gasteiger partial charge in [-0.05, 0) is 30.2 Å². The Bertz CT molecular complexity index is 543. The van der Waals surface area contributed by atoms with E-state index in [0.717, 1.165) is 11.1 Å². The van der Waals surface area contributed by atoms with Gasteiger partial charge in [0, 0.05) is 18.0 Å². The van der Waals surface area contributed by atoms with Crippen LogP contribution in [0.3, 0.4) is 0 Å². The van der Waals surface area contributed by atoms with Gasteiger partial charge in [-0.1, -0.05) is 35.3 Å². The van der Waals surface area contributed by atoms with E-state index in [1.165, 1.54) is 0 Å². The summed E-state index contributed by atoms with van der Waals surface area (Å²) in [5, 5.41) is 11.1. The molecule has 0 spiro atoms. The fourth-order valence-corrected chi connectivity index (χ4v) is 1.91. The van der Waals surface area contributed by atoms with E-state index in [1.54, 1.807) is 30.6 Å². The Morgan fingerprint density at radius 2 is 1.82 bits per heavy atom. The number of aliphatic hydroxyl groups excluding tert-OH is 1. The highest BCUT2D eigenvalue weighted by atomic mass is 35.5. The summed E-state index contributed by atoms with van der Waals surface area (Å²) in [5.74, 6) is 0. The van der Waals surface area contributed by atoms with E-state index >= 15 is 0 Å². The summed E-state index contributed by atoms with van der Waals surface area (Å²) < 4.78 is 0. The van der Waals surface area contributed by atoms with Gasteiger partial charge in [-0.2, -0.15) is 0 Å². The molecule has 0 saturated heterocycles. The maximum Gasteiger partial charge on any atom is 0.106 e. The van der Waals surface area contributed by atoms with Crippen LogP contribution in [0.25, 0.3) is 0 Å². The Morgan fingerprint density at radius 3 is 2.47 bits per heavy atom. The number of aromatic nitrogens is 1. The van der Waals surface area contributed by atoms with Gasteiger partial charge in [0.1, 0.15) is 6.10 Å². The van der Waals surface area contributed by atoms with Gasteiger partial charge in [0.25, 0.3) is 0 Å². The minimum Gasteiger partial charge on any atom is -0.384 e. The van der Waals surface area contributed by atoms with Crippen molar-refractivity contribution in [2.24, 2.45) is 0 Å². The van der Waals surface area contributed by atoms with Crippen LogP contribution >= 0.6 is 23.2 Å². The van der Waals surface area contributed by atoms with Crippen LogP contribution in [-0.4, -0.2) is 10.1 Å². The number of hydrogen-bond acceptors (Lipinski definition) is 2. The lowest BCUT2D eigenvalue weighted by Gasteiger charge is -2.12. The first-order valence-corrected chi connectivity index (χ1v) is 5.88. The Morgan fingerprint density at radius 1 is 1.06 bits per heavy atom. The van der Waals surface area contributed by atoms with Gasteiger partial charge in [0.15, 0.2) is 0 Å². The standard InChI is InChI=1S/C13H11Cl2NO/c1-8-4-10(7-16-6-8)13(17)9-2-3-11(14)12(15)5-9/h2-7,13,17H,1H3. The number of nitrogens with zero attached hydrogens (tertiary/aromatic N) is 1. The lowest BCUT2D eigenvalue weighted by atomic mass is 10.0. The third-order valence-electron chi connectivity index (χ3n) is 2.47. The molecule has 2 nitrogen and oxygen atoms in total. The van der Waals surface area contributed by atoms with Crippen LogP contribution in [0.5, 0.6) is 0 Å². The van der Waals surface area contributed by atoms with E-state index in [4.69, 9.17) is 23.2 Å². The molecular weight excluding hydrogens is 257 g/mol. The zero-order valence-electron chi connectivity index (χ0n) is 9.19. The lowest BCUT2D eigenvalue weighted by molar-refractivity contribution is 0.220. The number of rotatable bonds is 2. The summed E-state index contributed by atoms with van der Waals surface area (Å²) in [6.07, 6.45) is 2.64. The Kier molecular flexibility index (Phi) is 3.67. The van der Waals surface area contributed by atoms with Crippen LogP contribution < -0.4 is 0 Å². The van der Waals surface area contributed by atoms with Crippen molar-refractivity contribution in [1.82, 2.24) is 4.98 Å². The van der Waals surface area contributed by atoms with E-state index < -0.39 is 6.10 Å². The molecule has 0 aliphatic heterocycles. The molecule has 0 aliphatic carbocycles. The van der Waals surface area contributed by atoms with Gasteiger partial charge in [-0.15, -0.1) is 0 Å². The normalized spacial score (nSPS) is 12.5. The molecule has 2 aromatic rings. The van der Waals surface area contributed by atoms with E-state index in [-0.39, 0.29) is 0 Å². The molecule has 1 aromatic heterocycles. The zero-order valence-corrected chi connectivity index (χ0v) is 10.7. The smallest absolute Gasteiger partial charge is 0.106 e. The monoisotopic (exact) mass is 267 g/mol. The second-order valence-corrected chi connectivity index (χ2v) is 4.69.